The fourth-order valence-corrected chi connectivity index (χ4v) is 2.92. The lowest BCUT2D eigenvalue weighted by molar-refractivity contribution is -0.137. The van der Waals surface area contributed by atoms with Gasteiger partial charge in [0.25, 0.3) is 5.91 Å². The van der Waals surface area contributed by atoms with Gasteiger partial charge in [0.2, 0.25) is 5.43 Å². The number of rotatable bonds is 3. The summed E-state index contributed by atoms with van der Waals surface area (Å²) in [4.78, 5) is 25.4. The maximum absolute atomic E-state index is 13.4. The number of nitrogens with one attached hydrogen (secondary N) is 1. The maximum atomic E-state index is 13.4. The zero-order chi connectivity index (χ0) is 20.6. The van der Waals surface area contributed by atoms with Crippen molar-refractivity contribution >= 4 is 22.5 Å². The van der Waals surface area contributed by atoms with Crippen molar-refractivity contribution in [2.75, 3.05) is 5.32 Å². The van der Waals surface area contributed by atoms with Crippen LogP contribution in [0.1, 0.15) is 28.4 Å². The highest BCUT2D eigenvalue weighted by Crippen LogP contribution is 2.31. The Bertz CT molecular complexity index is 1130. The predicted molar refractivity (Wildman–Crippen MR) is 98.0 cm³/mol. The van der Waals surface area contributed by atoms with Crippen molar-refractivity contribution in [2.24, 2.45) is 0 Å². The molecule has 0 unspecified atom stereocenters. The van der Waals surface area contributed by atoms with Gasteiger partial charge in [-0.05, 0) is 49.7 Å². The largest absolute Gasteiger partial charge is 0.416 e. The molecular weight excluding hydrogens is 376 g/mol. The van der Waals surface area contributed by atoms with Crippen LogP contribution in [0.5, 0.6) is 0 Å². The Kier molecular flexibility index (Phi) is 4.97. The van der Waals surface area contributed by atoms with E-state index in [0.29, 0.717) is 17.6 Å². The van der Waals surface area contributed by atoms with E-state index in [4.69, 9.17) is 0 Å². The Hall–Kier alpha value is -3.16. The average molecular weight is 392 g/mol. The minimum atomic E-state index is -4.62. The third kappa shape index (κ3) is 3.62. The van der Waals surface area contributed by atoms with Gasteiger partial charge in [0.15, 0.2) is 0 Å². The van der Waals surface area contributed by atoms with Gasteiger partial charge >= 0.3 is 6.18 Å². The van der Waals surface area contributed by atoms with Crippen molar-refractivity contribution in [1.29, 1.82) is 0 Å². The molecule has 3 rings (SSSR count). The highest BCUT2D eigenvalue weighted by Gasteiger charge is 2.31. The molecule has 1 amide bonds. The zero-order valence-electron chi connectivity index (χ0n) is 15.0. The average Bonchev–Trinajstić information content (AvgIpc) is 2.64. The molecule has 1 aromatic heterocycles. The highest BCUT2D eigenvalue weighted by atomic mass is 19.4. The number of carbonyl (C=O) groups excluding carboxylic acids is 1. The summed E-state index contributed by atoms with van der Waals surface area (Å²) in [6, 6.07) is 6.64. The minimum absolute atomic E-state index is 0.177. The van der Waals surface area contributed by atoms with E-state index in [1.165, 1.54) is 29.0 Å². The zero-order valence-corrected chi connectivity index (χ0v) is 15.0. The normalized spacial score (nSPS) is 11.6. The number of amides is 1. The molecule has 0 bridgehead atoms. The molecule has 28 heavy (non-hydrogen) atoms. The standard InChI is InChI=1S/C20H16F4N2O2/c1-3-26-10-15(19(28)25-16-9-13(21)6-4-11(16)2)18(27)14-8-12(20(22,23)24)5-7-17(14)26/h4-10H,3H2,1-2H3,(H,25,28). The Balaban J connectivity index is 2.15. The molecule has 0 fully saturated rings. The molecule has 0 saturated carbocycles. The summed E-state index contributed by atoms with van der Waals surface area (Å²) in [5.41, 5.74) is -1.07. The number of hydrogen-bond acceptors (Lipinski definition) is 2. The molecule has 3 aromatic rings. The van der Waals surface area contributed by atoms with E-state index in [1.54, 1.807) is 13.8 Å². The van der Waals surface area contributed by atoms with E-state index in [-0.39, 0.29) is 16.6 Å². The number of fused-ring (bicyclic) bond motifs is 1. The van der Waals surface area contributed by atoms with Crippen molar-refractivity contribution in [3.05, 3.63) is 75.3 Å². The van der Waals surface area contributed by atoms with Crippen LogP contribution in [0.4, 0.5) is 23.2 Å². The first kappa shape index (κ1) is 19.6. The molecule has 4 nitrogen and oxygen atoms in total. The molecule has 0 radical (unpaired) electrons. The van der Waals surface area contributed by atoms with Gasteiger partial charge in [-0.3, -0.25) is 9.59 Å². The van der Waals surface area contributed by atoms with Gasteiger partial charge in [-0.15, -0.1) is 0 Å². The molecule has 2 aromatic carbocycles. The Labute approximate surface area is 157 Å². The monoisotopic (exact) mass is 392 g/mol. The second kappa shape index (κ2) is 7.10. The number of aromatic nitrogens is 1. The van der Waals surface area contributed by atoms with Gasteiger partial charge in [-0.1, -0.05) is 6.07 Å². The molecule has 0 aliphatic heterocycles. The first-order chi connectivity index (χ1) is 13.1. The number of aryl methyl sites for hydroxylation is 2. The van der Waals surface area contributed by atoms with Crippen LogP contribution in [0, 0.1) is 12.7 Å². The van der Waals surface area contributed by atoms with Gasteiger partial charge in [-0.2, -0.15) is 13.2 Å². The highest BCUT2D eigenvalue weighted by molar-refractivity contribution is 6.06. The molecule has 0 aliphatic carbocycles. The van der Waals surface area contributed by atoms with E-state index in [1.807, 2.05) is 0 Å². The van der Waals surface area contributed by atoms with Crippen LogP contribution in [-0.4, -0.2) is 10.5 Å². The molecule has 0 aliphatic rings. The Morgan fingerprint density at radius 2 is 1.86 bits per heavy atom. The lowest BCUT2D eigenvalue weighted by Crippen LogP contribution is -2.24. The summed E-state index contributed by atoms with van der Waals surface area (Å²) in [5.74, 6) is -1.39. The van der Waals surface area contributed by atoms with Crippen molar-refractivity contribution in [3.63, 3.8) is 0 Å². The van der Waals surface area contributed by atoms with Gasteiger partial charge in [0.05, 0.1) is 11.1 Å². The molecule has 0 spiro atoms. The Morgan fingerprint density at radius 1 is 1.14 bits per heavy atom. The second-order valence-corrected chi connectivity index (χ2v) is 6.30. The molecule has 146 valence electrons. The minimum Gasteiger partial charge on any atom is -0.347 e. The number of nitrogens with zero attached hydrogens (tertiary/aromatic N) is 1. The van der Waals surface area contributed by atoms with Crippen molar-refractivity contribution in [1.82, 2.24) is 4.57 Å². The van der Waals surface area contributed by atoms with Crippen LogP contribution in [0.2, 0.25) is 0 Å². The number of halogens is 4. The van der Waals surface area contributed by atoms with Gasteiger partial charge in [0.1, 0.15) is 11.4 Å². The summed E-state index contributed by atoms with van der Waals surface area (Å²) in [5, 5.41) is 2.25. The molecule has 0 saturated heterocycles. The molecule has 0 atom stereocenters. The summed E-state index contributed by atoms with van der Waals surface area (Å²) >= 11 is 0. The first-order valence-electron chi connectivity index (χ1n) is 8.43. The SMILES string of the molecule is CCn1cc(C(=O)Nc2cc(F)ccc2C)c(=O)c2cc(C(F)(F)F)ccc21. The van der Waals surface area contributed by atoms with Crippen LogP contribution in [-0.2, 0) is 12.7 Å². The van der Waals surface area contributed by atoms with Crippen LogP contribution in [0.3, 0.4) is 0 Å². The number of pyridine rings is 1. The summed E-state index contributed by atoms with van der Waals surface area (Å²) in [6.07, 6.45) is -3.32. The number of anilines is 1. The van der Waals surface area contributed by atoms with E-state index in [2.05, 4.69) is 5.32 Å². The van der Waals surface area contributed by atoms with Gasteiger partial charge in [0, 0.05) is 23.8 Å². The van der Waals surface area contributed by atoms with Crippen molar-refractivity contribution in [2.45, 2.75) is 26.6 Å². The summed E-state index contributed by atoms with van der Waals surface area (Å²) < 4.78 is 54.1. The summed E-state index contributed by atoms with van der Waals surface area (Å²) in [6.45, 7) is 3.72. The maximum Gasteiger partial charge on any atom is 0.416 e. The van der Waals surface area contributed by atoms with Crippen LogP contribution < -0.4 is 10.7 Å². The summed E-state index contributed by atoms with van der Waals surface area (Å²) in [7, 11) is 0. The molecular formula is C20H16F4N2O2. The fraction of sp³-hybridized carbons (Fsp3) is 0.200. The third-order valence-electron chi connectivity index (χ3n) is 4.44. The second-order valence-electron chi connectivity index (χ2n) is 6.30. The molecule has 1 heterocycles. The van der Waals surface area contributed by atoms with E-state index < -0.39 is 28.9 Å². The molecule has 8 heteroatoms. The molecule has 1 N–H and O–H groups in total. The third-order valence-corrected chi connectivity index (χ3v) is 4.44. The van der Waals surface area contributed by atoms with E-state index in [0.717, 1.165) is 18.2 Å². The van der Waals surface area contributed by atoms with Crippen molar-refractivity contribution in [3.8, 4) is 0 Å². The van der Waals surface area contributed by atoms with Crippen molar-refractivity contribution < 1.29 is 22.4 Å². The lowest BCUT2D eigenvalue weighted by Gasteiger charge is -2.14. The number of hydrogen-bond donors (Lipinski definition) is 1. The first-order valence-corrected chi connectivity index (χ1v) is 8.43. The number of benzene rings is 2. The van der Waals surface area contributed by atoms with E-state index >= 15 is 0 Å². The Morgan fingerprint density at radius 3 is 2.50 bits per heavy atom. The quantitative estimate of drug-likeness (QED) is 0.655. The van der Waals surface area contributed by atoms with Crippen LogP contribution in [0.15, 0.2) is 47.4 Å². The fourth-order valence-electron chi connectivity index (χ4n) is 2.92. The number of alkyl halides is 3. The van der Waals surface area contributed by atoms with Crippen LogP contribution in [0.25, 0.3) is 10.9 Å². The predicted octanol–water partition coefficient (Wildman–Crippen LogP) is 4.74. The van der Waals surface area contributed by atoms with Gasteiger partial charge < -0.3 is 9.88 Å². The topological polar surface area (TPSA) is 51.1 Å². The van der Waals surface area contributed by atoms with E-state index in [9.17, 15) is 27.2 Å². The van der Waals surface area contributed by atoms with Gasteiger partial charge in [-0.25, -0.2) is 4.39 Å². The van der Waals surface area contributed by atoms with Crippen LogP contribution >= 0.6 is 0 Å². The lowest BCUT2D eigenvalue weighted by atomic mass is 10.1. The smallest absolute Gasteiger partial charge is 0.347 e. The number of carbonyl (C=O) groups is 1.